The Morgan fingerprint density at radius 3 is 3.05 bits per heavy atom. The van der Waals surface area contributed by atoms with Crippen LogP contribution in [-0.4, -0.2) is 40.6 Å². The molecule has 1 aliphatic rings. The summed E-state index contributed by atoms with van der Waals surface area (Å²) in [6.07, 6.45) is 0. The summed E-state index contributed by atoms with van der Waals surface area (Å²) in [7, 11) is 1.94. The topological polar surface area (TPSA) is 43.2 Å². The predicted octanol–water partition coefficient (Wildman–Crippen LogP) is 2.45. The molecule has 0 aromatic carbocycles. The van der Waals surface area contributed by atoms with Gasteiger partial charge in [0.25, 0.3) is 0 Å². The van der Waals surface area contributed by atoms with E-state index in [1.165, 1.54) is 0 Å². The van der Waals surface area contributed by atoms with E-state index in [-0.39, 0.29) is 0 Å². The first kappa shape index (κ1) is 13.4. The average molecular weight is 393 g/mol. The van der Waals surface area contributed by atoms with Crippen LogP contribution in [0.2, 0.25) is 5.15 Å². The summed E-state index contributed by atoms with van der Waals surface area (Å²) in [6, 6.07) is 2.24. The fourth-order valence-corrected chi connectivity index (χ4v) is 3.38. The van der Waals surface area contributed by atoms with E-state index in [1.54, 1.807) is 0 Å². The van der Waals surface area contributed by atoms with Gasteiger partial charge in [-0.15, -0.1) is 0 Å². The molecule has 0 aliphatic carbocycles. The second kappa shape index (κ2) is 5.06. The molecule has 7 heteroatoms. The number of hydrogen-bond acceptors (Lipinski definition) is 4. The molecule has 1 saturated heterocycles. The van der Waals surface area contributed by atoms with Crippen molar-refractivity contribution in [2.24, 2.45) is 7.05 Å². The number of morpholine rings is 1. The predicted molar refractivity (Wildman–Crippen MR) is 83.9 cm³/mol. The lowest BCUT2D eigenvalue weighted by molar-refractivity contribution is 0.0990. The first-order valence-electron chi connectivity index (χ1n) is 6.11. The van der Waals surface area contributed by atoms with Crippen molar-refractivity contribution in [1.82, 2.24) is 14.8 Å². The number of pyridine rings is 1. The van der Waals surface area contributed by atoms with Crippen LogP contribution in [0.5, 0.6) is 0 Å². The molecule has 1 atom stereocenters. The maximum absolute atomic E-state index is 6.16. The molecule has 1 fully saturated rings. The van der Waals surface area contributed by atoms with Crippen LogP contribution in [0.4, 0.5) is 5.69 Å². The molecule has 0 amide bonds. The van der Waals surface area contributed by atoms with Gasteiger partial charge < -0.3 is 9.64 Å². The van der Waals surface area contributed by atoms with Crippen molar-refractivity contribution in [3.05, 3.63) is 14.9 Å². The van der Waals surface area contributed by atoms with Crippen LogP contribution >= 0.6 is 34.2 Å². The minimum absolute atomic E-state index is 0.322. The van der Waals surface area contributed by atoms with Gasteiger partial charge in [-0.05, 0) is 29.5 Å². The molecule has 0 bridgehead atoms. The Labute approximate surface area is 130 Å². The van der Waals surface area contributed by atoms with Crippen molar-refractivity contribution in [1.29, 1.82) is 0 Å². The lowest BCUT2D eigenvalue weighted by Gasteiger charge is -2.35. The second-order valence-corrected chi connectivity index (χ2v) is 6.10. The largest absolute Gasteiger partial charge is 0.377 e. The highest BCUT2D eigenvalue weighted by atomic mass is 127. The Bertz CT molecular complexity index is 630. The molecule has 1 aliphatic heterocycles. The SMILES string of the molecule is CC1COCCN1c1cc(Cl)nc2c(I)nn(C)c12. The van der Waals surface area contributed by atoms with E-state index in [0.717, 1.165) is 40.2 Å². The number of hydrogen-bond donors (Lipinski definition) is 0. The number of ether oxygens (including phenoxy) is 1. The molecular weight excluding hydrogens is 379 g/mol. The molecule has 0 radical (unpaired) electrons. The van der Waals surface area contributed by atoms with Crippen LogP contribution in [0, 0.1) is 3.70 Å². The molecule has 2 aromatic rings. The summed E-state index contributed by atoms with van der Waals surface area (Å²) >= 11 is 8.35. The Kier molecular flexibility index (Phi) is 3.57. The summed E-state index contributed by atoms with van der Waals surface area (Å²) < 4.78 is 8.24. The van der Waals surface area contributed by atoms with E-state index in [0.29, 0.717) is 11.2 Å². The van der Waals surface area contributed by atoms with Crippen LogP contribution in [0.1, 0.15) is 6.92 Å². The van der Waals surface area contributed by atoms with Crippen LogP contribution < -0.4 is 4.90 Å². The summed E-state index contributed by atoms with van der Waals surface area (Å²) in [4.78, 5) is 6.71. The van der Waals surface area contributed by atoms with Crippen LogP contribution in [0.15, 0.2) is 6.07 Å². The van der Waals surface area contributed by atoms with E-state index in [4.69, 9.17) is 16.3 Å². The molecule has 0 saturated carbocycles. The van der Waals surface area contributed by atoms with Gasteiger partial charge in [0.05, 0.1) is 18.9 Å². The van der Waals surface area contributed by atoms with Gasteiger partial charge in [-0.2, -0.15) is 5.10 Å². The van der Waals surface area contributed by atoms with E-state index in [9.17, 15) is 0 Å². The van der Waals surface area contributed by atoms with Crippen LogP contribution in [0.25, 0.3) is 11.0 Å². The lowest BCUT2D eigenvalue weighted by atomic mass is 10.2. The lowest BCUT2D eigenvalue weighted by Crippen LogP contribution is -2.43. The molecular formula is C12H14ClIN4O. The number of aryl methyl sites for hydroxylation is 1. The average Bonchev–Trinajstić information content (AvgIpc) is 2.65. The van der Waals surface area contributed by atoms with Gasteiger partial charge in [0.15, 0.2) is 0 Å². The number of anilines is 1. The van der Waals surface area contributed by atoms with Crippen molar-refractivity contribution in [3.63, 3.8) is 0 Å². The fraction of sp³-hybridized carbons (Fsp3) is 0.500. The number of nitrogens with zero attached hydrogens (tertiary/aromatic N) is 4. The van der Waals surface area contributed by atoms with Gasteiger partial charge in [-0.3, -0.25) is 4.68 Å². The van der Waals surface area contributed by atoms with E-state index in [2.05, 4.69) is 44.5 Å². The Morgan fingerprint density at radius 1 is 1.53 bits per heavy atom. The second-order valence-electron chi connectivity index (χ2n) is 4.69. The van der Waals surface area contributed by atoms with Gasteiger partial charge in [-0.1, -0.05) is 11.6 Å². The van der Waals surface area contributed by atoms with E-state index >= 15 is 0 Å². The van der Waals surface area contributed by atoms with Gasteiger partial charge in [0.2, 0.25) is 0 Å². The molecule has 19 heavy (non-hydrogen) atoms. The number of fused-ring (bicyclic) bond motifs is 1. The maximum atomic E-state index is 6.16. The summed E-state index contributed by atoms with van der Waals surface area (Å²) in [5.74, 6) is 0. The van der Waals surface area contributed by atoms with Gasteiger partial charge in [-0.25, -0.2) is 4.98 Å². The van der Waals surface area contributed by atoms with Gasteiger partial charge in [0, 0.05) is 25.7 Å². The van der Waals surface area contributed by atoms with E-state index < -0.39 is 0 Å². The van der Waals surface area contributed by atoms with Crippen molar-refractivity contribution in [2.75, 3.05) is 24.7 Å². The highest BCUT2D eigenvalue weighted by Crippen LogP contribution is 2.32. The standard InChI is InChI=1S/C12H14ClIN4O/c1-7-6-19-4-3-18(7)8-5-9(13)15-10-11(8)17(2)16-12(10)14/h5,7H,3-4,6H2,1-2H3. The van der Waals surface area contributed by atoms with E-state index in [1.807, 2.05) is 17.8 Å². The minimum atomic E-state index is 0.322. The smallest absolute Gasteiger partial charge is 0.149 e. The summed E-state index contributed by atoms with van der Waals surface area (Å²) in [6.45, 7) is 4.48. The third-order valence-electron chi connectivity index (χ3n) is 3.38. The summed E-state index contributed by atoms with van der Waals surface area (Å²) in [5, 5.41) is 4.94. The number of rotatable bonds is 1. The molecule has 3 rings (SSSR count). The quantitative estimate of drug-likeness (QED) is 0.552. The Morgan fingerprint density at radius 2 is 2.32 bits per heavy atom. The molecule has 2 aromatic heterocycles. The zero-order valence-corrected chi connectivity index (χ0v) is 13.6. The normalized spacial score (nSPS) is 20.2. The number of aromatic nitrogens is 3. The monoisotopic (exact) mass is 392 g/mol. The minimum Gasteiger partial charge on any atom is -0.377 e. The Hall–Kier alpha value is -0.600. The number of halogens is 2. The zero-order chi connectivity index (χ0) is 13.6. The fourth-order valence-electron chi connectivity index (χ4n) is 2.49. The molecule has 0 spiro atoms. The third-order valence-corrected chi connectivity index (χ3v) is 4.30. The first-order chi connectivity index (χ1) is 9.08. The molecule has 102 valence electrons. The van der Waals surface area contributed by atoms with Gasteiger partial charge >= 0.3 is 0 Å². The maximum Gasteiger partial charge on any atom is 0.149 e. The van der Waals surface area contributed by atoms with Crippen LogP contribution in [0.3, 0.4) is 0 Å². The zero-order valence-electron chi connectivity index (χ0n) is 10.7. The highest BCUT2D eigenvalue weighted by molar-refractivity contribution is 14.1. The van der Waals surface area contributed by atoms with Crippen LogP contribution in [-0.2, 0) is 11.8 Å². The molecule has 3 heterocycles. The molecule has 1 unspecified atom stereocenters. The Balaban J connectivity index is 2.21. The highest BCUT2D eigenvalue weighted by Gasteiger charge is 2.24. The first-order valence-corrected chi connectivity index (χ1v) is 7.56. The van der Waals surface area contributed by atoms with Gasteiger partial charge in [0.1, 0.15) is 19.9 Å². The third kappa shape index (κ3) is 2.30. The van der Waals surface area contributed by atoms with Crippen molar-refractivity contribution >= 4 is 50.9 Å². The van der Waals surface area contributed by atoms with Crippen molar-refractivity contribution in [3.8, 4) is 0 Å². The van der Waals surface area contributed by atoms with Crippen molar-refractivity contribution in [2.45, 2.75) is 13.0 Å². The van der Waals surface area contributed by atoms with Crippen molar-refractivity contribution < 1.29 is 4.74 Å². The summed E-state index contributed by atoms with van der Waals surface area (Å²) in [5.41, 5.74) is 2.98. The molecule has 0 N–H and O–H groups in total. The molecule has 5 nitrogen and oxygen atoms in total.